The Morgan fingerprint density at radius 1 is 1.38 bits per heavy atom. The molecule has 1 aromatic rings. The fourth-order valence-corrected chi connectivity index (χ4v) is 1.76. The molecule has 0 atom stereocenters. The summed E-state index contributed by atoms with van der Waals surface area (Å²) in [5.41, 5.74) is 0.921. The first-order valence-corrected chi connectivity index (χ1v) is 4.96. The number of hydrogen-bond donors (Lipinski definition) is 0. The highest BCUT2D eigenvalue weighted by molar-refractivity contribution is 5.63. The molecule has 16 heavy (non-hydrogen) atoms. The van der Waals surface area contributed by atoms with Crippen molar-refractivity contribution in [2.75, 3.05) is 21.0 Å². The first-order chi connectivity index (χ1) is 7.81. The molecule has 0 radical (unpaired) electrons. The van der Waals surface area contributed by atoms with Gasteiger partial charge in [0.1, 0.15) is 5.75 Å². The number of allylic oxidation sites excluding steroid dienone is 1. The van der Waals surface area contributed by atoms with Crippen molar-refractivity contribution in [2.45, 2.75) is 6.42 Å². The molecule has 2 rings (SSSR count). The standard InChI is InChI=1S/C12H14O4/c1-4-5-8-9(13-2)6-10-12(11(8)14-3)16-7-15-10/h4,6H,1,5,7H2,2-3H3. The smallest absolute Gasteiger partial charge is 0.231 e. The first kappa shape index (κ1) is 10.7. The average molecular weight is 222 g/mol. The van der Waals surface area contributed by atoms with Gasteiger partial charge in [-0.25, -0.2) is 0 Å². The normalized spacial score (nSPS) is 12.4. The summed E-state index contributed by atoms with van der Waals surface area (Å²) in [6.45, 7) is 3.93. The number of methoxy groups -OCH3 is 2. The monoisotopic (exact) mass is 222 g/mol. The third-order valence-corrected chi connectivity index (χ3v) is 2.45. The van der Waals surface area contributed by atoms with Crippen LogP contribution in [0.1, 0.15) is 5.56 Å². The molecule has 1 heterocycles. The Hall–Kier alpha value is -1.84. The van der Waals surface area contributed by atoms with Crippen molar-refractivity contribution in [1.82, 2.24) is 0 Å². The molecule has 0 spiro atoms. The Kier molecular flexibility index (Phi) is 2.90. The van der Waals surface area contributed by atoms with E-state index in [0.717, 1.165) is 11.3 Å². The van der Waals surface area contributed by atoms with Crippen molar-refractivity contribution in [3.63, 3.8) is 0 Å². The number of rotatable bonds is 4. The van der Waals surface area contributed by atoms with Gasteiger partial charge in [-0.2, -0.15) is 0 Å². The molecule has 0 saturated carbocycles. The van der Waals surface area contributed by atoms with Gasteiger partial charge in [0.15, 0.2) is 11.5 Å². The van der Waals surface area contributed by atoms with E-state index in [9.17, 15) is 0 Å². The molecule has 0 aliphatic carbocycles. The highest BCUT2D eigenvalue weighted by Gasteiger charge is 2.25. The van der Waals surface area contributed by atoms with Gasteiger partial charge in [0.25, 0.3) is 0 Å². The van der Waals surface area contributed by atoms with Crippen molar-refractivity contribution in [3.05, 3.63) is 24.3 Å². The van der Waals surface area contributed by atoms with Crippen LogP contribution in [0.25, 0.3) is 0 Å². The molecule has 86 valence electrons. The highest BCUT2D eigenvalue weighted by Crippen LogP contribution is 2.47. The minimum atomic E-state index is 0.215. The van der Waals surface area contributed by atoms with Gasteiger partial charge in [-0.05, 0) is 6.42 Å². The number of benzene rings is 1. The summed E-state index contributed by atoms with van der Waals surface area (Å²) < 4.78 is 21.3. The molecule has 0 saturated heterocycles. The number of hydrogen-bond acceptors (Lipinski definition) is 4. The van der Waals surface area contributed by atoms with Gasteiger partial charge in [-0.1, -0.05) is 6.08 Å². The van der Waals surface area contributed by atoms with Gasteiger partial charge >= 0.3 is 0 Å². The summed E-state index contributed by atoms with van der Waals surface area (Å²) >= 11 is 0. The maximum atomic E-state index is 5.37. The molecule has 0 amide bonds. The number of ether oxygens (including phenoxy) is 4. The SMILES string of the molecule is C=CCc1c(OC)cc2c(c1OC)OCO2. The molecule has 1 aliphatic heterocycles. The Bertz CT molecular complexity index is 412. The van der Waals surface area contributed by atoms with Crippen molar-refractivity contribution in [3.8, 4) is 23.0 Å². The summed E-state index contributed by atoms with van der Waals surface area (Å²) in [4.78, 5) is 0. The summed E-state index contributed by atoms with van der Waals surface area (Å²) in [6.07, 6.45) is 2.45. The number of fused-ring (bicyclic) bond motifs is 1. The fraction of sp³-hybridized carbons (Fsp3) is 0.333. The third kappa shape index (κ3) is 1.56. The second kappa shape index (κ2) is 4.35. The van der Waals surface area contributed by atoms with E-state index in [2.05, 4.69) is 6.58 Å². The Morgan fingerprint density at radius 3 is 2.81 bits per heavy atom. The van der Waals surface area contributed by atoms with Crippen LogP contribution in [0, 0.1) is 0 Å². The summed E-state index contributed by atoms with van der Waals surface area (Å²) in [7, 11) is 3.22. The van der Waals surface area contributed by atoms with Gasteiger partial charge < -0.3 is 18.9 Å². The van der Waals surface area contributed by atoms with Crippen molar-refractivity contribution >= 4 is 0 Å². The fourth-order valence-electron chi connectivity index (χ4n) is 1.76. The quantitative estimate of drug-likeness (QED) is 0.731. The Labute approximate surface area is 94.4 Å². The molecule has 4 heteroatoms. The van der Waals surface area contributed by atoms with Crippen molar-refractivity contribution in [1.29, 1.82) is 0 Å². The van der Waals surface area contributed by atoms with E-state index in [4.69, 9.17) is 18.9 Å². The molecule has 0 aromatic heterocycles. The van der Waals surface area contributed by atoms with Crippen LogP contribution in [0.15, 0.2) is 18.7 Å². The van der Waals surface area contributed by atoms with Gasteiger partial charge in [-0.3, -0.25) is 0 Å². The Morgan fingerprint density at radius 2 is 2.19 bits per heavy atom. The summed E-state index contributed by atoms with van der Waals surface area (Å²) in [6, 6.07) is 1.81. The van der Waals surface area contributed by atoms with Crippen LogP contribution in [0.3, 0.4) is 0 Å². The molecule has 1 aromatic carbocycles. The zero-order valence-corrected chi connectivity index (χ0v) is 9.41. The zero-order chi connectivity index (χ0) is 11.5. The highest BCUT2D eigenvalue weighted by atomic mass is 16.7. The lowest BCUT2D eigenvalue weighted by atomic mass is 10.1. The maximum Gasteiger partial charge on any atom is 0.231 e. The molecular weight excluding hydrogens is 208 g/mol. The van der Waals surface area contributed by atoms with Crippen molar-refractivity contribution in [2.24, 2.45) is 0 Å². The average Bonchev–Trinajstić information content (AvgIpc) is 2.76. The van der Waals surface area contributed by atoms with Crippen molar-refractivity contribution < 1.29 is 18.9 Å². The van der Waals surface area contributed by atoms with Crippen LogP contribution in [0.5, 0.6) is 23.0 Å². The van der Waals surface area contributed by atoms with Crippen LogP contribution in [-0.2, 0) is 6.42 Å². The third-order valence-electron chi connectivity index (χ3n) is 2.45. The lowest BCUT2D eigenvalue weighted by Gasteiger charge is -2.13. The van der Waals surface area contributed by atoms with E-state index in [1.165, 1.54) is 0 Å². The van der Waals surface area contributed by atoms with Gasteiger partial charge in [0.2, 0.25) is 12.5 Å². The molecular formula is C12H14O4. The van der Waals surface area contributed by atoms with Crippen LogP contribution in [0.2, 0.25) is 0 Å². The molecule has 0 unspecified atom stereocenters. The van der Waals surface area contributed by atoms with E-state index >= 15 is 0 Å². The topological polar surface area (TPSA) is 36.9 Å². The zero-order valence-electron chi connectivity index (χ0n) is 9.41. The van der Waals surface area contributed by atoms with E-state index in [0.29, 0.717) is 23.7 Å². The molecule has 4 nitrogen and oxygen atoms in total. The van der Waals surface area contributed by atoms with E-state index < -0.39 is 0 Å². The predicted molar refractivity (Wildman–Crippen MR) is 59.6 cm³/mol. The van der Waals surface area contributed by atoms with Gasteiger partial charge in [0, 0.05) is 11.6 Å². The lowest BCUT2D eigenvalue weighted by Crippen LogP contribution is -1.97. The van der Waals surface area contributed by atoms with Crippen LogP contribution in [-0.4, -0.2) is 21.0 Å². The molecule has 0 bridgehead atoms. The van der Waals surface area contributed by atoms with Gasteiger partial charge in [-0.15, -0.1) is 6.58 Å². The molecule has 0 N–H and O–H groups in total. The maximum absolute atomic E-state index is 5.37. The molecule has 1 aliphatic rings. The predicted octanol–water partition coefficient (Wildman–Crippen LogP) is 2.16. The van der Waals surface area contributed by atoms with Crippen LogP contribution >= 0.6 is 0 Å². The minimum absolute atomic E-state index is 0.215. The summed E-state index contributed by atoms with van der Waals surface area (Å²) in [5, 5.41) is 0. The second-order valence-electron chi connectivity index (χ2n) is 3.32. The van der Waals surface area contributed by atoms with E-state index in [-0.39, 0.29) is 6.79 Å². The lowest BCUT2D eigenvalue weighted by molar-refractivity contribution is 0.171. The summed E-state index contributed by atoms with van der Waals surface area (Å²) in [5.74, 6) is 2.68. The van der Waals surface area contributed by atoms with Crippen LogP contribution in [0.4, 0.5) is 0 Å². The Balaban J connectivity index is 2.59. The van der Waals surface area contributed by atoms with E-state index in [1.807, 2.05) is 6.07 Å². The minimum Gasteiger partial charge on any atom is -0.496 e. The van der Waals surface area contributed by atoms with E-state index in [1.54, 1.807) is 20.3 Å². The largest absolute Gasteiger partial charge is 0.496 e. The van der Waals surface area contributed by atoms with Gasteiger partial charge in [0.05, 0.1) is 14.2 Å². The molecule has 0 fully saturated rings. The van der Waals surface area contributed by atoms with Crippen LogP contribution < -0.4 is 18.9 Å². The second-order valence-corrected chi connectivity index (χ2v) is 3.32. The first-order valence-electron chi connectivity index (χ1n) is 4.96.